The van der Waals surface area contributed by atoms with Crippen molar-refractivity contribution in [2.75, 3.05) is 18.0 Å². The fourth-order valence-corrected chi connectivity index (χ4v) is 3.14. The first kappa shape index (κ1) is 13.0. The molecule has 6 nitrogen and oxygen atoms in total. The average Bonchev–Trinajstić information content (AvgIpc) is 2.98. The van der Waals surface area contributed by atoms with Crippen molar-refractivity contribution in [1.82, 2.24) is 15.2 Å². The van der Waals surface area contributed by atoms with Gasteiger partial charge in [-0.3, -0.25) is 9.78 Å². The molecule has 2 aromatic heterocycles. The number of rotatable bonds is 3. The summed E-state index contributed by atoms with van der Waals surface area (Å²) in [5, 5.41) is 19.0. The van der Waals surface area contributed by atoms with Gasteiger partial charge in [0.1, 0.15) is 5.69 Å². The quantitative estimate of drug-likeness (QED) is 0.930. The lowest BCUT2D eigenvalue weighted by molar-refractivity contribution is -0.141. The highest BCUT2D eigenvalue weighted by Gasteiger charge is 2.27. The molecule has 1 saturated heterocycles. The minimum atomic E-state index is -0.732. The van der Waals surface area contributed by atoms with E-state index in [1.807, 2.05) is 23.1 Å². The molecule has 0 aliphatic carbocycles. The standard InChI is InChI=1S/C13H14N4O2S/c18-12(19)9-4-3-7-17(8-9)13-16-15-11(20-13)10-5-1-2-6-14-10/h1-2,5-6,9H,3-4,7-8H2,(H,18,19). The van der Waals surface area contributed by atoms with Crippen LogP contribution >= 0.6 is 11.3 Å². The van der Waals surface area contributed by atoms with E-state index in [-0.39, 0.29) is 5.92 Å². The minimum absolute atomic E-state index is 0.314. The van der Waals surface area contributed by atoms with Crippen LogP contribution in [0.1, 0.15) is 12.8 Å². The molecule has 0 aromatic carbocycles. The van der Waals surface area contributed by atoms with Crippen LogP contribution in [0.3, 0.4) is 0 Å². The topological polar surface area (TPSA) is 79.2 Å². The maximum absolute atomic E-state index is 11.1. The molecule has 0 saturated carbocycles. The van der Waals surface area contributed by atoms with Gasteiger partial charge in [0.05, 0.1) is 5.92 Å². The Morgan fingerprint density at radius 2 is 2.30 bits per heavy atom. The number of aliphatic carboxylic acids is 1. The van der Waals surface area contributed by atoms with Gasteiger partial charge in [0, 0.05) is 19.3 Å². The first-order chi connectivity index (χ1) is 9.74. The number of carboxylic acids is 1. The van der Waals surface area contributed by atoms with Gasteiger partial charge in [0.15, 0.2) is 5.01 Å². The Hall–Kier alpha value is -2.02. The third kappa shape index (κ3) is 2.62. The van der Waals surface area contributed by atoms with Gasteiger partial charge >= 0.3 is 5.97 Å². The van der Waals surface area contributed by atoms with E-state index in [1.165, 1.54) is 11.3 Å². The monoisotopic (exact) mass is 290 g/mol. The third-order valence-corrected chi connectivity index (χ3v) is 4.35. The fraction of sp³-hybridized carbons (Fsp3) is 0.385. The largest absolute Gasteiger partial charge is 0.481 e. The molecule has 0 amide bonds. The van der Waals surface area contributed by atoms with E-state index >= 15 is 0 Å². The van der Waals surface area contributed by atoms with Gasteiger partial charge in [0.25, 0.3) is 0 Å². The second-order valence-corrected chi connectivity index (χ2v) is 5.68. The number of pyridine rings is 1. The summed E-state index contributed by atoms with van der Waals surface area (Å²) in [6, 6.07) is 5.65. The van der Waals surface area contributed by atoms with Crippen molar-refractivity contribution < 1.29 is 9.90 Å². The molecule has 3 heterocycles. The molecule has 2 aromatic rings. The molecule has 1 aliphatic heterocycles. The van der Waals surface area contributed by atoms with Crippen molar-refractivity contribution >= 4 is 22.4 Å². The van der Waals surface area contributed by atoms with Gasteiger partial charge in [-0.15, -0.1) is 10.2 Å². The summed E-state index contributed by atoms with van der Waals surface area (Å²) < 4.78 is 0. The first-order valence-corrected chi connectivity index (χ1v) is 7.28. The van der Waals surface area contributed by atoms with Crippen LogP contribution in [0, 0.1) is 5.92 Å². The minimum Gasteiger partial charge on any atom is -0.481 e. The van der Waals surface area contributed by atoms with E-state index < -0.39 is 5.97 Å². The molecule has 0 bridgehead atoms. The van der Waals surface area contributed by atoms with E-state index in [0.717, 1.165) is 35.2 Å². The van der Waals surface area contributed by atoms with E-state index in [1.54, 1.807) is 6.20 Å². The van der Waals surface area contributed by atoms with Gasteiger partial charge < -0.3 is 10.0 Å². The number of nitrogens with zero attached hydrogens (tertiary/aromatic N) is 4. The lowest BCUT2D eigenvalue weighted by atomic mass is 9.99. The van der Waals surface area contributed by atoms with E-state index in [9.17, 15) is 4.79 Å². The maximum Gasteiger partial charge on any atom is 0.308 e. The molecule has 1 unspecified atom stereocenters. The van der Waals surface area contributed by atoms with Gasteiger partial charge in [-0.1, -0.05) is 17.4 Å². The molecule has 3 rings (SSSR count). The molecule has 7 heteroatoms. The van der Waals surface area contributed by atoms with E-state index in [2.05, 4.69) is 15.2 Å². The Balaban J connectivity index is 1.78. The molecule has 1 N–H and O–H groups in total. The summed E-state index contributed by atoms with van der Waals surface area (Å²) in [7, 11) is 0. The van der Waals surface area contributed by atoms with Crippen molar-refractivity contribution in [3.05, 3.63) is 24.4 Å². The Labute approximate surface area is 120 Å². The van der Waals surface area contributed by atoms with Crippen LogP contribution in [-0.2, 0) is 4.79 Å². The summed E-state index contributed by atoms with van der Waals surface area (Å²) in [5.41, 5.74) is 0.794. The predicted octanol–water partition coefficient (Wildman–Crippen LogP) is 1.90. The number of carboxylic acid groups (broad SMARTS) is 1. The van der Waals surface area contributed by atoms with Crippen LogP contribution in [0.4, 0.5) is 5.13 Å². The highest BCUT2D eigenvalue weighted by molar-refractivity contribution is 7.18. The third-order valence-electron chi connectivity index (χ3n) is 3.34. The molecule has 20 heavy (non-hydrogen) atoms. The molecule has 104 valence electrons. The van der Waals surface area contributed by atoms with E-state index in [0.29, 0.717) is 6.54 Å². The zero-order valence-corrected chi connectivity index (χ0v) is 11.6. The number of piperidine rings is 1. The molecule has 1 aliphatic rings. The SMILES string of the molecule is O=C(O)C1CCCN(c2nnc(-c3ccccn3)s2)C1. The normalized spacial score (nSPS) is 19.0. The van der Waals surface area contributed by atoms with Gasteiger partial charge in [-0.05, 0) is 25.0 Å². The lowest BCUT2D eigenvalue weighted by Gasteiger charge is -2.29. The lowest BCUT2D eigenvalue weighted by Crippen LogP contribution is -2.38. The maximum atomic E-state index is 11.1. The van der Waals surface area contributed by atoms with Crippen molar-refractivity contribution in [2.24, 2.45) is 5.92 Å². The fourth-order valence-electron chi connectivity index (χ4n) is 2.29. The second kappa shape index (κ2) is 5.54. The zero-order valence-electron chi connectivity index (χ0n) is 10.8. The zero-order chi connectivity index (χ0) is 13.9. The predicted molar refractivity (Wildman–Crippen MR) is 75.7 cm³/mol. The first-order valence-electron chi connectivity index (χ1n) is 6.46. The highest BCUT2D eigenvalue weighted by atomic mass is 32.1. The molecule has 0 radical (unpaired) electrons. The van der Waals surface area contributed by atoms with Crippen LogP contribution in [0.15, 0.2) is 24.4 Å². The van der Waals surface area contributed by atoms with Crippen LogP contribution in [0.25, 0.3) is 10.7 Å². The Kier molecular flexibility index (Phi) is 3.60. The number of hydrogen-bond donors (Lipinski definition) is 1. The number of anilines is 1. The average molecular weight is 290 g/mol. The van der Waals surface area contributed by atoms with Crippen molar-refractivity contribution in [3.8, 4) is 10.7 Å². The van der Waals surface area contributed by atoms with Gasteiger partial charge in [0.2, 0.25) is 5.13 Å². The van der Waals surface area contributed by atoms with E-state index in [4.69, 9.17) is 5.11 Å². The van der Waals surface area contributed by atoms with Gasteiger partial charge in [-0.25, -0.2) is 0 Å². The molecular weight excluding hydrogens is 276 g/mol. The number of carbonyl (C=O) groups is 1. The second-order valence-electron chi connectivity index (χ2n) is 4.73. The Morgan fingerprint density at radius 1 is 1.40 bits per heavy atom. The Morgan fingerprint density at radius 3 is 3.05 bits per heavy atom. The molecular formula is C13H14N4O2S. The molecule has 0 spiro atoms. The summed E-state index contributed by atoms with van der Waals surface area (Å²) >= 11 is 1.45. The van der Waals surface area contributed by atoms with Crippen molar-refractivity contribution in [2.45, 2.75) is 12.8 Å². The van der Waals surface area contributed by atoms with Crippen molar-refractivity contribution in [3.63, 3.8) is 0 Å². The summed E-state index contributed by atoms with van der Waals surface area (Å²) in [5.74, 6) is -1.05. The number of hydrogen-bond acceptors (Lipinski definition) is 6. The van der Waals surface area contributed by atoms with Crippen LogP contribution in [0.5, 0.6) is 0 Å². The van der Waals surface area contributed by atoms with Crippen LogP contribution in [0.2, 0.25) is 0 Å². The van der Waals surface area contributed by atoms with Gasteiger partial charge in [-0.2, -0.15) is 0 Å². The van der Waals surface area contributed by atoms with Crippen LogP contribution < -0.4 is 4.90 Å². The highest BCUT2D eigenvalue weighted by Crippen LogP contribution is 2.30. The van der Waals surface area contributed by atoms with Crippen LogP contribution in [-0.4, -0.2) is 39.3 Å². The summed E-state index contributed by atoms with van der Waals surface area (Å²) in [6.45, 7) is 1.34. The summed E-state index contributed by atoms with van der Waals surface area (Å²) in [6.07, 6.45) is 3.32. The smallest absolute Gasteiger partial charge is 0.308 e. The Bertz CT molecular complexity index is 601. The summed E-state index contributed by atoms with van der Waals surface area (Å²) in [4.78, 5) is 17.3. The number of aromatic nitrogens is 3. The molecule has 1 fully saturated rings. The van der Waals surface area contributed by atoms with Crippen molar-refractivity contribution in [1.29, 1.82) is 0 Å². The molecule has 1 atom stereocenters.